The number of aliphatic carboxylic acids is 1. The Hall–Kier alpha value is -2.19. The Bertz CT molecular complexity index is 593. The molecule has 0 saturated carbocycles. The second-order valence-corrected chi connectivity index (χ2v) is 4.80. The van der Waals surface area contributed by atoms with Gasteiger partial charge >= 0.3 is 5.97 Å². The van der Waals surface area contributed by atoms with E-state index in [1.807, 2.05) is 0 Å². The van der Waals surface area contributed by atoms with Crippen LogP contribution in [0.4, 0.5) is 0 Å². The number of carbonyl (C=O) groups is 2. The van der Waals surface area contributed by atoms with E-state index in [9.17, 15) is 9.59 Å². The van der Waals surface area contributed by atoms with Gasteiger partial charge in [-0.3, -0.25) is 4.79 Å². The van der Waals surface area contributed by atoms with Gasteiger partial charge in [0.05, 0.1) is 25.0 Å². The van der Waals surface area contributed by atoms with E-state index in [-0.39, 0.29) is 6.42 Å². The van der Waals surface area contributed by atoms with Crippen LogP contribution in [0.25, 0.3) is 10.8 Å². The second-order valence-electron chi connectivity index (χ2n) is 3.94. The number of carboxylic acids is 1. The molecule has 0 bridgehead atoms. The number of nitrogens with zero attached hydrogens (tertiary/aromatic N) is 1. The minimum atomic E-state index is -1.30. The topological polar surface area (TPSA) is 113 Å². The zero-order valence-corrected chi connectivity index (χ0v) is 11.1. The third-order valence-corrected chi connectivity index (χ3v) is 3.35. The largest absolute Gasteiger partial charge is 0.480 e. The van der Waals surface area contributed by atoms with Crippen molar-refractivity contribution in [1.82, 2.24) is 10.3 Å². The summed E-state index contributed by atoms with van der Waals surface area (Å²) in [7, 11) is 0. The van der Waals surface area contributed by atoms with Crippen molar-refractivity contribution in [2.24, 2.45) is 0 Å². The molecule has 0 radical (unpaired) electrons. The summed E-state index contributed by atoms with van der Waals surface area (Å²) in [4.78, 5) is 26.5. The Morgan fingerprint density at radius 3 is 2.90 bits per heavy atom. The van der Waals surface area contributed by atoms with Crippen molar-refractivity contribution < 1.29 is 24.2 Å². The summed E-state index contributed by atoms with van der Waals surface area (Å²) < 4.78 is 5.19. The van der Waals surface area contributed by atoms with E-state index < -0.39 is 24.5 Å². The fourth-order valence-electron chi connectivity index (χ4n) is 1.50. The molecule has 0 aliphatic carbocycles. The highest BCUT2D eigenvalue weighted by Gasteiger charge is 2.19. The number of carboxylic acid groups (broad SMARTS) is 1. The van der Waals surface area contributed by atoms with Crippen LogP contribution in [0.3, 0.4) is 0 Å². The second kappa shape index (κ2) is 6.31. The van der Waals surface area contributed by atoms with E-state index in [2.05, 4.69) is 10.3 Å². The summed E-state index contributed by atoms with van der Waals surface area (Å²) in [6.45, 7) is -0.657. The fourth-order valence-corrected chi connectivity index (χ4v) is 2.28. The summed E-state index contributed by atoms with van der Waals surface area (Å²) in [5.74, 6) is -1.18. The SMILES string of the molecule is O=C(Cc1csc(-c2ccco2)n1)N[C@H](CO)C(=O)O. The van der Waals surface area contributed by atoms with Crippen LogP contribution in [0.5, 0.6) is 0 Å². The number of hydrogen-bond donors (Lipinski definition) is 3. The van der Waals surface area contributed by atoms with Gasteiger partial charge in [-0.25, -0.2) is 9.78 Å². The summed E-state index contributed by atoms with van der Waals surface area (Å²) in [6.07, 6.45) is 1.48. The number of hydrogen-bond acceptors (Lipinski definition) is 6. The molecule has 2 heterocycles. The van der Waals surface area contributed by atoms with Crippen LogP contribution < -0.4 is 5.32 Å². The number of aliphatic hydroxyl groups is 1. The average Bonchev–Trinajstić information content (AvgIpc) is 3.05. The highest BCUT2D eigenvalue weighted by Crippen LogP contribution is 2.23. The molecule has 0 aliphatic rings. The van der Waals surface area contributed by atoms with E-state index in [4.69, 9.17) is 14.6 Å². The minimum absolute atomic E-state index is 0.0546. The van der Waals surface area contributed by atoms with Crippen LogP contribution in [0.15, 0.2) is 28.2 Å². The van der Waals surface area contributed by atoms with Crippen LogP contribution in [-0.2, 0) is 16.0 Å². The number of aromatic nitrogens is 1. The molecule has 0 unspecified atom stereocenters. The highest BCUT2D eigenvalue weighted by molar-refractivity contribution is 7.13. The van der Waals surface area contributed by atoms with E-state index >= 15 is 0 Å². The van der Waals surface area contributed by atoms with Gasteiger partial charge in [-0.2, -0.15) is 0 Å². The van der Waals surface area contributed by atoms with Crippen molar-refractivity contribution in [2.45, 2.75) is 12.5 Å². The quantitative estimate of drug-likeness (QED) is 0.716. The maximum absolute atomic E-state index is 11.6. The number of aliphatic hydroxyl groups excluding tert-OH is 1. The molecule has 20 heavy (non-hydrogen) atoms. The summed E-state index contributed by atoms with van der Waals surface area (Å²) in [6, 6.07) is 2.20. The number of rotatable bonds is 6. The van der Waals surface area contributed by atoms with E-state index in [0.29, 0.717) is 16.5 Å². The first-order valence-corrected chi connectivity index (χ1v) is 6.59. The molecule has 2 rings (SSSR count). The third-order valence-electron chi connectivity index (χ3n) is 2.44. The number of carbonyl (C=O) groups excluding carboxylic acids is 1. The van der Waals surface area contributed by atoms with Crippen LogP contribution in [0.1, 0.15) is 5.69 Å². The Labute approximate surface area is 117 Å². The molecule has 1 amide bonds. The molecule has 8 heteroatoms. The maximum atomic E-state index is 11.6. The van der Waals surface area contributed by atoms with Gasteiger partial charge in [-0.1, -0.05) is 0 Å². The summed E-state index contributed by atoms with van der Waals surface area (Å²) in [5.41, 5.74) is 0.515. The van der Waals surface area contributed by atoms with Gasteiger partial charge in [0.15, 0.2) is 10.8 Å². The van der Waals surface area contributed by atoms with Crippen LogP contribution in [0.2, 0.25) is 0 Å². The molecule has 0 aliphatic heterocycles. The molecular formula is C12H12N2O5S. The van der Waals surface area contributed by atoms with Crippen LogP contribution in [0, 0.1) is 0 Å². The van der Waals surface area contributed by atoms with Crippen molar-refractivity contribution in [3.8, 4) is 10.8 Å². The van der Waals surface area contributed by atoms with Crippen molar-refractivity contribution in [1.29, 1.82) is 0 Å². The first kappa shape index (κ1) is 14.2. The van der Waals surface area contributed by atoms with Crippen LogP contribution in [-0.4, -0.2) is 39.7 Å². The van der Waals surface area contributed by atoms with E-state index in [1.165, 1.54) is 17.6 Å². The van der Waals surface area contributed by atoms with E-state index in [1.54, 1.807) is 17.5 Å². The third kappa shape index (κ3) is 3.43. The van der Waals surface area contributed by atoms with E-state index in [0.717, 1.165) is 0 Å². The van der Waals surface area contributed by atoms with Gasteiger partial charge in [0.25, 0.3) is 0 Å². The first-order chi connectivity index (χ1) is 9.60. The highest BCUT2D eigenvalue weighted by atomic mass is 32.1. The number of furan rings is 1. The fraction of sp³-hybridized carbons (Fsp3) is 0.250. The smallest absolute Gasteiger partial charge is 0.328 e. The molecule has 0 fully saturated rings. The Balaban J connectivity index is 1.97. The Morgan fingerprint density at radius 1 is 1.50 bits per heavy atom. The Kier molecular flexibility index (Phi) is 4.49. The van der Waals surface area contributed by atoms with Crippen LogP contribution >= 0.6 is 11.3 Å². The zero-order chi connectivity index (χ0) is 14.5. The molecule has 3 N–H and O–H groups in total. The van der Waals surface area contributed by atoms with Gasteiger partial charge in [-0.05, 0) is 12.1 Å². The molecule has 2 aromatic heterocycles. The molecule has 1 atom stereocenters. The minimum Gasteiger partial charge on any atom is -0.480 e. The lowest BCUT2D eigenvalue weighted by molar-refractivity contribution is -0.142. The van der Waals surface area contributed by atoms with Gasteiger partial charge in [0.2, 0.25) is 5.91 Å². The molecule has 106 valence electrons. The van der Waals surface area contributed by atoms with Gasteiger partial charge in [0, 0.05) is 5.38 Å². The lowest BCUT2D eigenvalue weighted by Crippen LogP contribution is -2.43. The standard InChI is InChI=1S/C12H12N2O5S/c15-5-8(12(17)18)14-10(16)4-7-6-20-11(13-7)9-2-1-3-19-9/h1-3,6,8,15H,4-5H2,(H,14,16)(H,17,18)/t8-/m1/s1. The zero-order valence-electron chi connectivity index (χ0n) is 10.3. The summed E-state index contributed by atoms with van der Waals surface area (Å²) >= 11 is 1.33. The lowest BCUT2D eigenvalue weighted by Gasteiger charge is -2.10. The Morgan fingerprint density at radius 2 is 2.30 bits per heavy atom. The lowest BCUT2D eigenvalue weighted by atomic mass is 10.2. The van der Waals surface area contributed by atoms with Crippen molar-refractivity contribution >= 4 is 23.2 Å². The summed E-state index contributed by atoms with van der Waals surface area (Å²) in [5, 5.41) is 22.1. The van der Waals surface area contributed by atoms with Crippen molar-refractivity contribution in [3.63, 3.8) is 0 Å². The molecule has 7 nitrogen and oxygen atoms in total. The number of nitrogens with one attached hydrogen (secondary N) is 1. The normalized spacial score (nSPS) is 12.1. The molecule has 2 aromatic rings. The van der Waals surface area contributed by atoms with Gasteiger partial charge in [-0.15, -0.1) is 11.3 Å². The van der Waals surface area contributed by atoms with Crippen molar-refractivity contribution in [3.05, 3.63) is 29.5 Å². The average molecular weight is 296 g/mol. The first-order valence-electron chi connectivity index (χ1n) is 5.71. The molecular weight excluding hydrogens is 284 g/mol. The molecule has 0 aromatic carbocycles. The predicted molar refractivity (Wildman–Crippen MR) is 70.2 cm³/mol. The number of thiazole rings is 1. The maximum Gasteiger partial charge on any atom is 0.328 e. The molecule has 0 spiro atoms. The predicted octanol–water partition coefficient (Wildman–Crippen LogP) is 0.507. The monoisotopic (exact) mass is 296 g/mol. The van der Waals surface area contributed by atoms with Gasteiger partial charge < -0.3 is 19.9 Å². The van der Waals surface area contributed by atoms with Gasteiger partial charge in [0.1, 0.15) is 6.04 Å². The number of amides is 1. The molecule has 0 saturated heterocycles. The van der Waals surface area contributed by atoms with Crippen molar-refractivity contribution in [2.75, 3.05) is 6.61 Å².